The maximum absolute atomic E-state index is 6.36. The number of aryl methyl sites for hydroxylation is 1. The lowest BCUT2D eigenvalue weighted by molar-refractivity contribution is 0.341. The molecule has 2 atom stereocenters. The third kappa shape index (κ3) is 2.16. The average molecular weight is 322 g/mol. The van der Waals surface area contributed by atoms with Crippen molar-refractivity contribution >= 4 is 27.4 Å². The molecule has 4 heteroatoms. The van der Waals surface area contributed by atoms with E-state index in [2.05, 4.69) is 34.2 Å². The zero-order valence-corrected chi connectivity index (χ0v) is 13.1. The number of anilines is 1. The minimum Gasteiger partial charge on any atom is -0.383 e. The molecule has 0 aromatic carbocycles. The summed E-state index contributed by atoms with van der Waals surface area (Å²) in [7, 11) is 0. The summed E-state index contributed by atoms with van der Waals surface area (Å²) in [4.78, 5) is 4.79. The lowest BCUT2D eigenvalue weighted by atomic mass is 9.81. The lowest BCUT2D eigenvalue weighted by Gasteiger charge is -2.25. The molecule has 0 spiro atoms. The summed E-state index contributed by atoms with van der Waals surface area (Å²) in [6, 6.07) is 4.08. The Kier molecular flexibility index (Phi) is 3.29. The van der Waals surface area contributed by atoms with Crippen molar-refractivity contribution in [1.82, 2.24) is 9.38 Å². The number of hydrogen-bond acceptors (Lipinski definition) is 2. The zero-order valence-electron chi connectivity index (χ0n) is 11.5. The molecule has 2 aromatic heterocycles. The Hall–Kier alpha value is -1.03. The minimum absolute atomic E-state index is 0.529. The highest BCUT2D eigenvalue weighted by Crippen LogP contribution is 2.38. The maximum Gasteiger partial charge on any atom is 0.138 e. The fourth-order valence-corrected chi connectivity index (χ4v) is 3.60. The van der Waals surface area contributed by atoms with E-state index in [9.17, 15) is 0 Å². The van der Waals surface area contributed by atoms with Crippen LogP contribution < -0.4 is 5.73 Å². The van der Waals surface area contributed by atoms with Crippen LogP contribution in [0.5, 0.6) is 0 Å². The monoisotopic (exact) mass is 321 g/mol. The van der Waals surface area contributed by atoms with E-state index in [0.717, 1.165) is 33.2 Å². The summed E-state index contributed by atoms with van der Waals surface area (Å²) >= 11 is 3.56. The third-order valence-electron chi connectivity index (χ3n) is 4.35. The molecular weight excluding hydrogens is 302 g/mol. The van der Waals surface area contributed by atoms with Gasteiger partial charge < -0.3 is 5.73 Å². The van der Waals surface area contributed by atoms with E-state index in [0.29, 0.717) is 5.92 Å². The van der Waals surface area contributed by atoms with Gasteiger partial charge in [-0.15, -0.1) is 0 Å². The molecule has 1 aliphatic carbocycles. The van der Waals surface area contributed by atoms with Gasteiger partial charge in [0.05, 0.1) is 5.69 Å². The summed E-state index contributed by atoms with van der Waals surface area (Å²) in [5.74, 6) is 2.14. The molecule has 3 nitrogen and oxygen atoms in total. The highest BCUT2D eigenvalue weighted by molar-refractivity contribution is 9.10. The molecule has 19 heavy (non-hydrogen) atoms. The van der Waals surface area contributed by atoms with Crippen molar-refractivity contribution in [3.8, 4) is 0 Å². The first-order valence-corrected chi connectivity index (χ1v) is 7.80. The summed E-state index contributed by atoms with van der Waals surface area (Å²) in [5, 5.41) is 0. The molecule has 0 radical (unpaired) electrons. The predicted octanol–water partition coefficient (Wildman–Crippen LogP) is 4.28. The molecule has 0 aliphatic heterocycles. The Morgan fingerprint density at radius 3 is 2.89 bits per heavy atom. The molecule has 2 aromatic rings. The average Bonchev–Trinajstić information content (AvgIpc) is 2.72. The Morgan fingerprint density at radius 2 is 2.16 bits per heavy atom. The van der Waals surface area contributed by atoms with Crippen LogP contribution in [0, 0.1) is 12.8 Å². The summed E-state index contributed by atoms with van der Waals surface area (Å²) < 4.78 is 3.14. The van der Waals surface area contributed by atoms with E-state index in [1.165, 1.54) is 25.7 Å². The number of rotatable bonds is 1. The number of aromatic nitrogens is 2. The standard InChI is InChI=1S/C15H20BrN3/c1-9-4-3-5-11(8-9)14-15(17)19-10(2)12(16)6-7-13(19)18-14/h6-7,9,11H,3-5,8,17H2,1-2H3. The fraction of sp³-hybridized carbons (Fsp3) is 0.533. The van der Waals surface area contributed by atoms with E-state index < -0.39 is 0 Å². The van der Waals surface area contributed by atoms with Crippen LogP contribution in [0.15, 0.2) is 16.6 Å². The molecule has 0 amide bonds. The summed E-state index contributed by atoms with van der Waals surface area (Å²) in [6.45, 7) is 4.41. The number of nitrogens with two attached hydrogens (primary N) is 1. The Balaban J connectivity index is 2.10. The highest BCUT2D eigenvalue weighted by Gasteiger charge is 2.25. The van der Waals surface area contributed by atoms with Gasteiger partial charge in [0, 0.05) is 16.1 Å². The van der Waals surface area contributed by atoms with Crippen LogP contribution in [-0.2, 0) is 0 Å². The molecular formula is C15H20BrN3. The molecule has 1 aliphatic rings. The molecule has 2 unspecified atom stereocenters. The highest BCUT2D eigenvalue weighted by atomic mass is 79.9. The van der Waals surface area contributed by atoms with Gasteiger partial charge in [-0.2, -0.15) is 0 Å². The Morgan fingerprint density at radius 1 is 1.37 bits per heavy atom. The van der Waals surface area contributed by atoms with Crippen LogP contribution in [0.2, 0.25) is 0 Å². The zero-order chi connectivity index (χ0) is 13.6. The van der Waals surface area contributed by atoms with Crippen LogP contribution in [0.1, 0.15) is 49.9 Å². The molecule has 2 heterocycles. The predicted molar refractivity (Wildman–Crippen MR) is 82.4 cm³/mol. The molecule has 2 N–H and O–H groups in total. The number of nitrogens with zero attached hydrogens (tertiary/aromatic N) is 2. The van der Waals surface area contributed by atoms with E-state index >= 15 is 0 Å². The van der Waals surface area contributed by atoms with Crippen molar-refractivity contribution in [2.45, 2.75) is 45.4 Å². The number of hydrogen-bond donors (Lipinski definition) is 1. The van der Waals surface area contributed by atoms with Gasteiger partial charge in [-0.3, -0.25) is 4.40 Å². The van der Waals surface area contributed by atoms with E-state index in [4.69, 9.17) is 10.7 Å². The number of fused-ring (bicyclic) bond motifs is 1. The van der Waals surface area contributed by atoms with Crippen molar-refractivity contribution in [2.75, 3.05) is 5.73 Å². The largest absolute Gasteiger partial charge is 0.383 e. The number of pyridine rings is 1. The van der Waals surface area contributed by atoms with Gasteiger partial charge in [0.25, 0.3) is 0 Å². The smallest absolute Gasteiger partial charge is 0.138 e. The van der Waals surface area contributed by atoms with Crippen LogP contribution in [0.4, 0.5) is 5.82 Å². The topological polar surface area (TPSA) is 43.3 Å². The van der Waals surface area contributed by atoms with Gasteiger partial charge in [0.1, 0.15) is 11.5 Å². The van der Waals surface area contributed by atoms with E-state index in [1.54, 1.807) is 0 Å². The van der Waals surface area contributed by atoms with Crippen molar-refractivity contribution in [3.05, 3.63) is 28.0 Å². The molecule has 0 bridgehead atoms. The first-order valence-electron chi connectivity index (χ1n) is 7.01. The van der Waals surface area contributed by atoms with Crippen molar-refractivity contribution in [3.63, 3.8) is 0 Å². The summed E-state index contributed by atoms with van der Waals surface area (Å²) in [6.07, 6.45) is 5.07. The molecule has 3 rings (SSSR count). The van der Waals surface area contributed by atoms with Crippen LogP contribution in [-0.4, -0.2) is 9.38 Å². The number of imidazole rings is 1. The van der Waals surface area contributed by atoms with Gasteiger partial charge in [0.2, 0.25) is 0 Å². The second-order valence-electron chi connectivity index (χ2n) is 5.81. The molecule has 1 saturated carbocycles. The second-order valence-corrected chi connectivity index (χ2v) is 6.67. The molecule has 0 saturated heterocycles. The van der Waals surface area contributed by atoms with Crippen LogP contribution in [0.3, 0.4) is 0 Å². The van der Waals surface area contributed by atoms with Crippen molar-refractivity contribution in [1.29, 1.82) is 0 Å². The SMILES string of the molecule is Cc1c(Br)ccc2nc(C3CCCC(C)C3)c(N)n12. The van der Waals surface area contributed by atoms with Crippen LogP contribution in [0.25, 0.3) is 5.65 Å². The molecule has 102 valence electrons. The van der Waals surface area contributed by atoms with Gasteiger partial charge in [-0.1, -0.05) is 19.8 Å². The van der Waals surface area contributed by atoms with E-state index in [1.807, 2.05) is 12.1 Å². The Labute approximate surface area is 122 Å². The quantitative estimate of drug-likeness (QED) is 0.851. The lowest BCUT2D eigenvalue weighted by Crippen LogP contribution is -2.13. The first-order chi connectivity index (χ1) is 9.08. The van der Waals surface area contributed by atoms with Gasteiger partial charge in [-0.25, -0.2) is 4.98 Å². The number of halogens is 1. The third-order valence-corrected chi connectivity index (χ3v) is 5.19. The molecule has 1 fully saturated rings. The number of nitrogen functional groups attached to an aromatic ring is 1. The summed E-state index contributed by atoms with van der Waals surface area (Å²) in [5.41, 5.74) is 9.56. The Bertz CT molecular complexity index is 617. The van der Waals surface area contributed by atoms with Gasteiger partial charge >= 0.3 is 0 Å². The maximum atomic E-state index is 6.36. The second kappa shape index (κ2) is 4.82. The van der Waals surface area contributed by atoms with Gasteiger partial charge in [-0.05, 0) is 53.7 Å². The van der Waals surface area contributed by atoms with Crippen LogP contribution >= 0.6 is 15.9 Å². The van der Waals surface area contributed by atoms with Gasteiger partial charge in [0.15, 0.2) is 0 Å². The first kappa shape index (κ1) is 13.0. The normalized spacial score (nSPS) is 23.9. The fourth-order valence-electron chi connectivity index (χ4n) is 3.29. The minimum atomic E-state index is 0.529. The van der Waals surface area contributed by atoms with E-state index in [-0.39, 0.29) is 0 Å². The van der Waals surface area contributed by atoms with Crippen molar-refractivity contribution < 1.29 is 0 Å². The van der Waals surface area contributed by atoms with Crippen molar-refractivity contribution in [2.24, 2.45) is 5.92 Å².